The number of carbonyl (C=O) groups is 1. The summed E-state index contributed by atoms with van der Waals surface area (Å²) in [4.78, 5) is 11.1. The number of rotatable bonds is 7. The molecule has 4 N–H and O–H groups in total. The fraction of sp³-hybridized carbons (Fsp3) is 0.417. The van der Waals surface area contributed by atoms with E-state index in [2.05, 4.69) is 5.32 Å². The van der Waals surface area contributed by atoms with E-state index in [1.165, 1.54) is 0 Å². The number of nitrogens with one attached hydrogen (secondary N) is 1. The molecular weight excluding hydrogens is 220 g/mol. The van der Waals surface area contributed by atoms with Crippen LogP contribution >= 0.6 is 0 Å². The van der Waals surface area contributed by atoms with E-state index in [9.17, 15) is 4.79 Å². The van der Waals surface area contributed by atoms with Crippen molar-refractivity contribution in [2.45, 2.75) is 19.6 Å². The van der Waals surface area contributed by atoms with Crippen LogP contribution in [0, 0.1) is 0 Å². The molecule has 0 aromatic heterocycles. The Hall–Kier alpha value is -1.59. The van der Waals surface area contributed by atoms with Crippen LogP contribution in [0.4, 0.5) is 0 Å². The third-order valence-corrected chi connectivity index (χ3v) is 2.32. The number of likely N-dealkylation sites (N-methyl/N-ethyl adjacent to an activating group) is 1. The first-order chi connectivity index (χ1) is 8.17. The van der Waals surface area contributed by atoms with Crippen molar-refractivity contribution in [2.24, 2.45) is 5.73 Å². The molecule has 5 nitrogen and oxygen atoms in total. The number of aliphatic hydroxyl groups is 1. The number of amides is 1. The fourth-order valence-corrected chi connectivity index (χ4v) is 1.36. The Bertz CT molecular complexity index is 351. The number of nitrogens with two attached hydrogens (primary N) is 1. The molecule has 0 bridgehead atoms. The van der Waals surface area contributed by atoms with Crippen molar-refractivity contribution in [3.63, 3.8) is 0 Å². The summed E-state index contributed by atoms with van der Waals surface area (Å²) in [5.41, 5.74) is 6.03. The average molecular weight is 238 g/mol. The summed E-state index contributed by atoms with van der Waals surface area (Å²) in [6, 6.07) is 6.53. The monoisotopic (exact) mass is 238 g/mol. The lowest BCUT2D eigenvalue weighted by Gasteiger charge is -2.15. The van der Waals surface area contributed by atoms with Crippen LogP contribution in [0.25, 0.3) is 0 Å². The van der Waals surface area contributed by atoms with Gasteiger partial charge in [-0.2, -0.15) is 0 Å². The van der Waals surface area contributed by atoms with Crippen LogP contribution in [0.1, 0.15) is 12.5 Å². The first-order valence-corrected chi connectivity index (χ1v) is 5.52. The van der Waals surface area contributed by atoms with Crippen LogP contribution in [0.5, 0.6) is 5.75 Å². The minimum absolute atomic E-state index is 0.00157. The minimum Gasteiger partial charge on any atom is -0.491 e. The highest BCUT2D eigenvalue weighted by molar-refractivity contribution is 5.80. The number of hydrogen-bond donors (Lipinski definition) is 3. The van der Waals surface area contributed by atoms with Crippen molar-refractivity contribution >= 4 is 5.91 Å². The van der Waals surface area contributed by atoms with Gasteiger partial charge in [0.25, 0.3) is 0 Å². The Labute approximate surface area is 101 Å². The highest BCUT2D eigenvalue weighted by atomic mass is 16.5. The molecule has 0 saturated carbocycles. The molecule has 0 spiro atoms. The maximum Gasteiger partial charge on any atom is 0.238 e. The molecule has 0 saturated heterocycles. The smallest absolute Gasteiger partial charge is 0.238 e. The largest absolute Gasteiger partial charge is 0.491 e. The topological polar surface area (TPSA) is 84.6 Å². The molecule has 1 rings (SSSR count). The number of primary amides is 1. The molecule has 0 heterocycles. The lowest BCUT2D eigenvalue weighted by atomic mass is 10.2. The van der Waals surface area contributed by atoms with Crippen LogP contribution in [0.2, 0.25) is 0 Å². The predicted molar refractivity (Wildman–Crippen MR) is 64.5 cm³/mol. The van der Waals surface area contributed by atoms with Gasteiger partial charge < -0.3 is 20.9 Å². The third kappa shape index (κ3) is 4.42. The molecule has 0 fully saturated rings. The number of aliphatic hydroxyl groups excluding tert-OH is 1. The molecule has 1 amide bonds. The summed E-state index contributed by atoms with van der Waals surface area (Å²) >= 11 is 0. The van der Waals surface area contributed by atoms with E-state index in [4.69, 9.17) is 15.6 Å². The Balaban J connectivity index is 2.50. The van der Waals surface area contributed by atoms with Crippen molar-refractivity contribution in [3.05, 3.63) is 29.8 Å². The molecule has 1 aromatic carbocycles. The van der Waals surface area contributed by atoms with E-state index in [-0.39, 0.29) is 13.2 Å². The van der Waals surface area contributed by atoms with Gasteiger partial charge in [-0.05, 0) is 24.2 Å². The normalized spacial score (nSPS) is 12.1. The van der Waals surface area contributed by atoms with E-state index in [0.717, 1.165) is 5.56 Å². The number of ether oxygens (including phenoxy) is 1. The minimum atomic E-state index is -0.488. The van der Waals surface area contributed by atoms with Gasteiger partial charge in [0.2, 0.25) is 5.91 Å². The predicted octanol–water partition coefficient (Wildman–Crippen LogP) is 0.0211. The summed E-state index contributed by atoms with van der Waals surface area (Å²) in [5, 5.41) is 11.8. The summed E-state index contributed by atoms with van der Waals surface area (Å²) in [6.07, 6.45) is 0. The van der Waals surface area contributed by atoms with Gasteiger partial charge in [0, 0.05) is 0 Å². The lowest BCUT2D eigenvalue weighted by Crippen LogP contribution is -2.45. The Morgan fingerprint density at radius 1 is 1.47 bits per heavy atom. The average Bonchev–Trinajstić information content (AvgIpc) is 2.34. The molecule has 0 aliphatic heterocycles. The van der Waals surface area contributed by atoms with Crippen LogP contribution in [-0.2, 0) is 11.4 Å². The molecule has 1 aromatic rings. The lowest BCUT2D eigenvalue weighted by molar-refractivity contribution is -0.120. The molecule has 0 aliphatic rings. The van der Waals surface area contributed by atoms with Crippen LogP contribution < -0.4 is 15.8 Å². The molecule has 1 atom stereocenters. The summed E-state index contributed by atoms with van der Waals surface area (Å²) in [7, 11) is 0. The maximum atomic E-state index is 11.1. The summed E-state index contributed by atoms with van der Waals surface area (Å²) in [6.45, 7) is 2.75. The van der Waals surface area contributed by atoms with Gasteiger partial charge in [-0.25, -0.2) is 0 Å². The number of hydrogen-bond acceptors (Lipinski definition) is 4. The zero-order chi connectivity index (χ0) is 12.7. The Morgan fingerprint density at radius 3 is 2.59 bits per heavy atom. The van der Waals surface area contributed by atoms with Crippen molar-refractivity contribution in [1.29, 1.82) is 0 Å². The molecule has 0 radical (unpaired) electrons. The van der Waals surface area contributed by atoms with Crippen LogP contribution in [0.15, 0.2) is 24.3 Å². The molecule has 5 heteroatoms. The quantitative estimate of drug-likeness (QED) is 0.625. The van der Waals surface area contributed by atoms with Gasteiger partial charge in [-0.15, -0.1) is 0 Å². The highest BCUT2D eigenvalue weighted by Crippen LogP contribution is 2.12. The molecule has 1 unspecified atom stereocenters. The molecule has 0 aliphatic carbocycles. The zero-order valence-electron chi connectivity index (χ0n) is 9.85. The second-order valence-corrected chi connectivity index (χ2v) is 3.63. The van der Waals surface area contributed by atoms with Gasteiger partial charge in [-0.3, -0.25) is 4.79 Å². The second-order valence-electron chi connectivity index (χ2n) is 3.63. The van der Waals surface area contributed by atoms with Gasteiger partial charge >= 0.3 is 0 Å². The molecular formula is C12H18N2O3. The number of benzene rings is 1. The summed E-state index contributed by atoms with van der Waals surface area (Å²) < 4.78 is 5.44. The van der Waals surface area contributed by atoms with Gasteiger partial charge in [0.1, 0.15) is 18.4 Å². The Kier molecular flexibility index (Phi) is 5.45. The fourth-order valence-electron chi connectivity index (χ4n) is 1.36. The third-order valence-electron chi connectivity index (χ3n) is 2.32. The van der Waals surface area contributed by atoms with Gasteiger partial charge in [0.15, 0.2) is 0 Å². The van der Waals surface area contributed by atoms with Crippen molar-refractivity contribution < 1.29 is 14.6 Å². The summed E-state index contributed by atoms with van der Waals surface area (Å²) in [5.74, 6) is 0.213. The van der Waals surface area contributed by atoms with Crippen LogP contribution in [0.3, 0.4) is 0 Å². The van der Waals surface area contributed by atoms with E-state index in [1.807, 2.05) is 6.92 Å². The maximum absolute atomic E-state index is 11.1. The van der Waals surface area contributed by atoms with E-state index >= 15 is 0 Å². The standard InChI is InChI=1S/C12H18N2O3/c1-2-14-11(12(13)16)8-17-10-5-3-9(7-15)4-6-10/h3-6,11,14-15H,2,7-8H2,1H3,(H2,13,16). The van der Waals surface area contributed by atoms with Crippen molar-refractivity contribution in [1.82, 2.24) is 5.32 Å². The SMILES string of the molecule is CCNC(COc1ccc(CO)cc1)C(N)=O. The van der Waals surface area contributed by atoms with Gasteiger partial charge in [-0.1, -0.05) is 19.1 Å². The number of carbonyl (C=O) groups excluding carboxylic acids is 1. The van der Waals surface area contributed by atoms with E-state index in [1.54, 1.807) is 24.3 Å². The zero-order valence-corrected chi connectivity index (χ0v) is 9.85. The Morgan fingerprint density at radius 2 is 2.12 bits per heavy atom. The van der Waals surface area contributed by atoms with Crippen molar-refractivity contribution in [2.75, 3.05) is 13.2 Å². The first kappa shape index (κ1) is 13.5. The molecule has 17 heavy (non-hydrogen) atoms. The highest BCUT2D eigenvalue weighted by Gasteiger charge is 2.14. The second kappa shape index (κ2) is 6.88. The van der Waals surface area contributed by atoms with Crippen molar-refractivity contribution in [3.8, 4) is 5.75 Å². The van der Waals surface area contributed by atoms with Gasteiger partial charge in [0.05, 0.1) is 6.61 Å². The first-order valence-electron chi connectivity index (χ1n) is 5.52. The van der Waals surface area contributed by atoms with E-state index in [0.29, 0.717) is 12.3 Å². The van der Waals surface area contributed by atoms with E-state index < -0.39 is 11.9 Å². The van der Waals surface area contributed by atoms with Crippen LogP contribution in [-0.4, -0.2) is 30.2 Å². The molecule has 94 valence electrons.